The van der Waals surface area contributed by atoms with Gasteiger partial charge in [-0.1, -0.05) is 6.92 Å². The van der Waals surface area contributed by atoms with Crippen LogP contribution in [0.1, 0.15) is 43.1 Å². The molecule has 2 rings (SSSR count). The molecule has 0 aromatic carbocycles. The van der Waals surface area contributed by atoms with Crippen molar-refractivity contribution >= 4 is 23.1 Å². The molecule has 0 radical (unpaired) electrons. The highest BCUT2D eigenvalue weighted by molar-refractivity contribution is 8.00. The van der Waals surface area contributed by atoms with Gasteiger partial charge in [0.1, 0.15) is 10.0 Å². The summed E-state index contributed by atoms with van der Waals surface area (Å²) < 4.78 is 0.243. The predicted octanol–water partition coefficient (Wildman–Crippen LogP) is 2.82. The van der Waals surface area contributed by atoms with Crippen LogP contribution in [0, 0.1) is 0 Å². The van der Waals surface area contributed by atoms with Crippen molar-refractivity contribution in [3.8, 4) is 0 Å². The van der Waals surface area contributed by atoms with E-state index in [-0.39, 0.29) is 4.75 Å². The molecule has 1 unspecified atom stereocenters. The van der Waals surface area contributed by atoms with E-state index in [0.29, 0.717) is 0 Å². The van der Waals surface area contributed by atoms with Gasteiger partial charge in [-0.3, -0.25) is 0 Å². The Morgan fingerprint density at radius 1 is 1.35 bits per heavy atom. The molecule has 0 saturated carbocycles. The lowest BCUT2D eigenvalue weighted by Gasteiger charge is -2.17. The van der Waals surface area contributed by atoms with Crippen LogP contribution >= 0.6 is 23.1 Å². The SMILES string of the molecule is CCCNCCc1nnc(C2(C)CCCS2)s1. The molecule has 5 heteroatoms. The van der Waals surface area contributed by atoms with Gasteiger partial charge in [-0.05, 0) is 38.5 Å². The van der Waals surface area contributed by atoms with Crippen molar-refractivity contribution in [1.29, 1.82) is 0 Å². The van der Waals surface area contributed by atoms with Gasteiger partial charge < -0.3 is 5.32 Å². The maximum Gasteiger partial charge on any atom is 0.133 e. The summed E-state index contributed by atoms with van der Waals surface area (Å²) in [5.74, 6) is 1.27. The van der Waals surface area contributed by atoms with Gasteiger partial charge in [-0.25, -0.2) is 0 Å². The van der Waals surface area contributed by atoms with Gasteiger partial charge >= 0.3 is 0 Å². The van der Waals surface area contributed by atoms with Gasteiger partial charge in [-0.2, -0.15) is 0 Å². The van der Waals surface area contributed by atoms with Gasteiger partial charge in [0.25, 0.3) is 0 Å². The Balaban J connectivity index is 1.87. The highest BCUT2D eigenvalue weighted by Gasteiger charge is 2.34. The summed E-state index contributed by atoms with van der Waals surface area (Å²) in [6, 6.07) is 0. The second kappa shape index (κ2) is 6.16. The van der Waals surface area contributed by atoms with Crippen LogP contribution in [0.5, 0.6) is 0 Å². The van der Waals surface area contributed by atoms with Crippen molar-refractivity contribution in [2.45, 2.75) is 44.3 Å². The van der Waals surface area contributed by atoms with E-state index in [2.05, 4.69) is 29.4 Å². The summed E-state index contributed by atoms with van der Waals surface area (Å²) in [5.41, 5.74) is 0. The molecule has 0 aliphatic carbocycles. The van der Waals surface area contributed by atoms with E-state index in [0.717, 1.165) is 19.5 Å². The Morgan fingerprint density at radius 2 is 2.24 bits per heavy atom. The quantitative estimate of drug-likeness (QED) is 0.807. The molecule has 1 aliphatic rings. The molecule has 2 heterocycles. The zero-order valence-electron chi connectivity index (χ0n) is 10.7. The van der Waals surface area contributed by atoms with Crippen molar-refractivity contribution < 1.29 is 0 Å². The van der Waals surface area contributed by atoms with Gasteiger partial charge in [0.15, 0.2) is 0 Å². The van der Waals surface area contributed by atoms with Crippen molar-refractivity contribution in [1.82, 2.24) is 15.5 Å². The van der Waals surface area contributed by atoms with Crippen LogP contribution in [0.25, 0.3) is 0 Å². The topological polar surface area (TPSA) is 37.8 Å². The minimum Gasteiger partial charge on any atom is -0.316 e. The Hall–Kier alpha value is -0.130. The average molecular weight is 271 g/mol. The lowest BCUT2D eigenvalue weighted by molar-refractivity contribution is 0.632. The zero-order chi connectivity index (χ0) is 12.1. The maximum atomic E-state index is 4.39. The summed E-state index contributed by atoms with van der Waals surface area (Å²) in [5, 5.41) is 14.5. The standard InChI is InChI=1S/C12H21N3S2/c1-3-7-13-8-5-10-14-15-11(17-10)12(2)6-4-9-16-12/h13H,3-9H2,1-2H3. The first-order valence-corrected chi connectivity index (χ1v) is 8.22. The molecule has 0 spiro atoms. The molecule has 96 valence electrons. The molecule has 1 fully saturated rings. The van der Waals surface area contributed by atoms with Gasteiger partial charge in [-0.15, -0.1) is 33.3 Å². The fourth-order valence-electron chi connectivity index (χ4n) is 2.01. The number of aromatic nitrogens is 2. The Kier molecular flexibility index (Phi) is 4.82. The van der Waals surface area contributed by atoms with Crippen LogP contribution < -0.4 is 5.32 Å². The summed E-state index contributed by atoms with van der Waals surface area (Å²) in [4.78, 5) is 0. The zero-order valence-corrected chi connectivity index (χ0v) is 12.3. The number of nitrogens with zero attached hydrogens (tertiary/aromatic N) is 2. The largest absolute Gasteiger partial charge is 0.316 e. The molecule has 1 atom stereocenters. The van der Waals surface area contributed by atoms with Crippen LogP contribution in [-0.2, 0) is 11.2 Å². The number of rotatable bonds is 6. The van der Waals surface area contributed by atoms with Crippen LogP contribution in [0.15, 0.2) is 0 Å². The first-order chi connectivity index (χ1) is 8.24. The van der Waals surface area contributed by atoms with E-state index >= 15 is 0 Å². The van der Waals surface area contributed by atoms with Crippen molar-refractivity contribution in [2.24, 2.45) is 0 Å². The lowest BCUT2D eigenvalue weighted by atomic mass is 10.1. The molecule has 0 bridgehead atoms. The van der Waals surface area contributed by atoms with E-state index in [1.54, 1.807) is 11.3 Å². The second-order valence-electron chi connectivity index (χ2n) is 4.68. The molecular formula is C12H21N3S2. The lowest BCUT2D eigenvalue weighted by Crippen LogP contribution is -2.17. The first kappa shape index (κ1) is 13.3. The fourth-order valence-corrected chi connectivity index (χ4v) is 4.42. The van der Waals surface area contributed by atoms with Crippen LogP contribution in [0.3, 0.4) is 0 Å². The van der Waals surface area contributed by atoms with Crippen LogP contribution in [-0.4, -0.2) is 29.0 Å². The second-order valence-corrected chi connectivity index (χ2v) is 7.34. The summed E-state index contributed by atoms with van der Waals surface area (Å²) >= 11 is 3.84. The predicted molar refractivity (Wildman–Crippen MR) is 75.8 cm³/mol. The number of hydrogen-bond acceptors (Lipinski definition) is 5. The summed E-state index contributed by atoms with van der Waals surface area (Å²) in [6.07, 6.45) is 4.77. The first-order valence-electron chi connectivity index (χ1n) is 6.42. The Labute approximate surface area is 112 Å². The monoisotopic (exact) mass is 271 g/mol. The van der Waals surface area contributed by atoms with Gasteiger partial charge in [0.05, 0.1) is 4.75 Å². The number of nitrogens with one attached hydrogen (secondary N) is 1. The minimum absolute atomic E-state index is 0.243. The summed E-state index contributed by atoms with van der Waals surface area (Å²) in [6.45, 7) is 6.62. The van der Waals surface area contributed by atoms with E-state index in [1.165, 1.54) is 35.0 Å². The maximum absolute atomic E-state index is 4.39. The van der Waals surface area contributed by atoms with Crippen molar-refractivity contribution in [2.75, 3.05) is 18.8 Å². The third kappa shape index (κ3) is 3.42. The van der Waals surface area contributed by atoms with Gasteiger partial charge in [0.2, 0.25) is 0 Å². The third-order valence-electron chi connectivity index (χ3n) is 3.08. The molecule has 1 saturated heterocycles. The minimum atomic E-state index is 0.243. The fraction of sp³-hybridized carbons (Fsp3) is 0.833. The van der Waals surface area contributed by atoms with E-state index in [4.69, 9.17) is 0 Å². The van der Waals surface area contributed by atoms with E-state index in [1.807, 2.05) is 11.8 Å². The van der Waals surface area contributed by atoms with Crippen LogP contribution in [0.2, 0.25) is 0 Å². The molecule has 1 aromatic rings. The molecule has 1 aliphatic heterocycles. The van der Waals surface area contributed by atoms with Crippen LogP contribution in [0.4, 0.5) is 0 Å². The molecule has 0 amide bonds. The highest BCUT2D eigenvalue weighted by atomic mass is 32.2. The molecule has 1 N–H and O–H groups in total. The Morgan fingerprint density at radius 3 is 2.94 bits per heavy atom. The van der Waals surface area contributed by atoms with E-state index in [9.17, 15) is 0 Å². The average Bonchev–Trinajstić information content (AvgIpc) is 2.94. The molecule has 17 heavy (non-hydrogen) atoms. The van der Waals surface area contributed by atoms with Crippen molar-refractivity contribution in [3.63, 3.8) is 0 Å². The molecule has 3 nitrogen and oxygen atoms in total. The highest BCUT2D eigenvalue weighted by Crippen LogP contribution is 2.46. The molecule has 1 aromatic heterocycles. The number of thioether (sulfide) groups is 1. The molecular weight excluding hydrogens is 250 g/mol. The van der Waals surface area contributed by atoms with E-state index < -0.39 is 0 Å². The Bertz CT molecular complexity index is 345. The summed E-state index contributed by atoms with van der Waals surface area (Å²) in [7, 11) is 0. The smallest absolute Gasteiger partial charge is 0.133 e. The van der Waals surface area contributed by atoms with Gasteiger partial charge in [0, 0.05) is 13.0 Å². The van der Waals surface area contributed by atoms with Crippen molar-refractivity contribution in [3.05, 3.63) is 10.0 Å². The normalized spacial score (nSPS) is 24.4. The third-order valence-corrected chi connectivity index (χ3v) is 5.98. The number of hydrogen-bond donors (Lipinski definition) is 1.